The Morgan fingerprint density at radius 3 is 2.35 bits per heavy atom. The highest BCUT2D eigenvalue weighted by Crippen LogP contribution is 2.36. The Bertz CT molecular complexity index is 739. The first-order chi connectivity index (χ1) is 10.8. The molecule has 0 bridgehead atoms. The molecule has 120 valence electrons. The molecule has 0 saturated carbocycles. The zero-order valence-corrected chi connectivity index (χ0v) is 12.3. The van der Waals surface area contributed by atoms with Gasteiger partial charge in [0, 0.05) is 11.1 Å². The molecule has 0 aliphatic rings. The van der Waals surface area contributed by atoms with E-state index in [2.05, 4.69) is 5.32 Å². The van der Waals surface area contributed by atoms with E-state index in [9.17, 15) is 22.4 Å². The summed E-state index contributed by atoms with van der Waals surface area (Å²) in [5.74, 6) is -1.18. The topological polar surface area (TPSA) is 29.1 Å². The number of rotatable bonds is 3. The van der Waals surface area contributed by atoms with Crippen LogP contribution in [0.4, 0.5) is 23.2 Å². The minimum Gasteiger partial charge on any atom is -0.322 e. The van der Waals surface area contributed by atoms with Crippen LogP contribution in [-0.2, 0) is 11.0 Å². The van der Waals surface area contributed by atoms with Crippen molar-refractivity contribution < 1.29 is 22.4 Å². The van der Waals surface area contributed by atoms with Gasteiger partial charge in [-0.1, -0.05) is 23.7 Å². The van der Waals surface area contributed by atoms with Gasteiger partial charge in [-0.05, 0) is 42.0 Å². The number of carbonyl (C=O) groups excluding carboxylic acids is 1. The predicted molar refractivity (Wildman–Crippen MR) is 80.5 cm³/mol. The lowest BCUT2D eigenvalue weighted by Gasteiger charge is -2.13. The van der Waals surface area contributed by atoms with Gasteiger partial charge in [0.15, 0.2) is 0 Å². The van der Waals surface area contributed by atoms with Gasteiger partial charge in [0.1, 0.15) is 5.82 Å². The molecule has 0 radical (unpaired) electrons. The third-order valence-corrected chi connectivity index (χ3v) is 3.08. The molecular weight excluding hydrogens is 334 g/mol. The Balaban J connectivity index is 2.16. The van der Waals surface area contributed by atoms with Crippen molar-refractivity contribution in [3.8, 4) is 0 Å². The highest BCUT2D eigenvalue weighted by atomic mass is 35.5. The van der Waals surface area contributed by atoms with Gasteiger partial charge < -0.3 is 5.32 Å². The first-order valence-corrected chi connectivity index (χ1v) is 6.75. The van der Waals surface area contributed by atoms with E-state index in [0.29, 0.717) is 5.56 Å². The van der Waals surface area contributed by atoms with Crippen LogP contribution in [0.2, 0.25) is 5.02 Å². The van der Waals surface area contributed by atoms with Crippen LogP contribution in [0.1, 0.15) is 11.1 Å². The van der Waals surface area contributed by atoms with Crippen molar-refractivity contribution in [3.63, 3.8) is 0 Å². The average molecular weight is 344 g/mol. The Morgan fingerprint density at radius 2 is 1.74 bits per heavy atom. The normalized spacial score (nSPS) is 11.7. The number of alkyl halides is 3. The van der Waals surface area contributed by atoms with Gasteiger partial charge in [-0.3, -0.25) is 4.79 Å². The number of nitrogens with one attached hydrogen (secondary N) is 1. The average Bonchev–Trinajstić information content (AvgIpc) is 2.47. The SMILES string of the molecule is O=C(/C=C/c1ccc(F)cc1)Nc1ccc(Cl)cc1C(F)(F)F. The smallest absolute Gasteiger partial charge is 0.322 e. The standard InChI is InChI=1S/C16H10ClF4NO/c17-11-4-7-14(13(9-11)16(19,20)21)22-15(23)8-3-10-1-5-12(18)6-2-10/h1-9H,(H,22,23)/b8-3+. The van der Waals surface area contributed by atoms with Gasteiger partial charge in [-0.2, -0.15) is 13.2 Å². The molecular formula is C16H10ClF4NO. The van der Waals surface area contributed by atoms with Gasteiger partial charge in [-0.15, -0.1) is 0 Å². The van der Waals surface area contributed by atoms with Crippen LogP contribution in [-0.4, -0.2) is 5.91 Å². The Morgan fingerprint density at radius 1 is 1.09 bits per heavy atom. The van der Waals surface area contributed by atoms with E-state index in [0.717, 1.165) is 18.2 Å². The quantitative estimate of drug-likeness (QED) is 0.606. The zero-order chi connectivity index (χ0) is 17.0. The van der Waals surface area contributed by atoms with E-state index in [4.69, 9.17) is 11.6 Å². The second-order valence-electron chi connectivity index (χ2n) is 4.56. The number of amides is 1. The van der Waals surface area contributed by atoms with E-state index >= 15 is 0 Å². The summed E-state index contributed by atoms with van der Waals surface area (Å²) in [6, 6.07) is 8.34. The lowest BCUT2D eigenvalue weighted by atomic mass is 10.1. The number of halogens is 5. The maximum absolute atomic E-state index is 12.9. The molecule has 23 heavy (non-hydrogen) atoms. The van der Waals surface area contributed by atoms with Gasteiger partial charge in [-0.25, -0.2) is 4.39 Å². The van der Waals surface area contributed by atoms with Crippen LogP contribution in [0.15, 0.2) is 48.5 Å². The second-order valence-corrected chi connectivity index (χ2v) is 5.00. The summed E-state index contributed by atoms with van der Waals surface area (Å²) in [6.45, 7) is 0. The van der Waals surface area contributed by atoms with Crippen molar-refractivity contribution >= 4 is 29.3 Å². The van der Waals surface area contributed by atoms with Crippen LogP contribution < -0.4 is 5.32 Å². The molecule has 2 aromatic carbocycles. The second kappa shape index (κ2) is 6.83. The molecule has 2 nitrogen and oxygen atoms in total. The van der Waals surface area contributed by atoms with Crippen LogP contribution in [0, 0.1) is 5.82 Å². The molecule has 0 saturated heterocycles. The van der Waals surface area contributed by atoms with Gasteiger partial charge >= 0.3 is 6.18 Å². The molecule has 0 aliphatic heterocycles. The first kappa shape index (κ1) is 17.0. The molecule has 0 atom stereocenters. The predicted octanol–water partition coefficient (Wildman–Crippen LogP) is 5.15. The van der Waals surface area contributed by atoms with Crippen LogP contribution in [0.3, 0.4) is 0 Å². The summed E-state index contributed by atoms with van der Waals surface area (Å²) in [5, 5.41) is 2.06. The third kappa shape index (κ3) is 4.82. The number of benzene rings is 2. The Labute approximate surface area is 134 Å². The number of hydrogen-bond donors (Lipinski definition) is 1. The van der Waals surface area contributed by atoms with Gasteiger partial charge in [0.25, 0.3) is 0 Å². The third-order valence-electron chi connectivity index (χ3n) is 2.84. The van der Waals surface area contributed by atoms with Crippen molar-refractivity contribution in [2.24, 2.45) is 0 Å². The largest absolute Gasteiger partial charge is 0.418 e. The summed E-state index contributed by atoms with van der Waals surface area (Å²) in [7, 11) is 0. The summed E-state index contributed by atoms with van der Waals surface area (Å²) in [4.78, 5) is 11.7. The van der Waals surface area contributed by atoms with E-state index in [1.54, 1.807) is 0 Å². The van der Waals surface area contributed by atoms with E-state index in [1.165, 1.54) is 36.4 Å². The Kier molecular flexibility index (Phi) is 5.05. The minimum absolute atomic E-state index is 0.0859. The summed E-state index contributed by atoms with van der Waals surface area (Å²) in [5.41, 5.74) is -0.891. The molecule has 0 aliphatic carbocycles. The zero-order valence-electron chi connectivity index (χ0n) is 11.5. The van der Waals surface area contributed by atoms with E-state index < -0.39 is 29.2 Å². The van der Waals surface area contributed by atoms with Crippen LogP contribution in [0.25, 0.3) is 6.08 Å². The monoisotopic (exact) mass is 343 g/mol. The molecule has 1 amide bonds. The maximum Gasteiger partial charge on any atom is 0.418 e. The number of carbonyl (C=O) groups is 1. The molecule has 1 N–H and O–H groups in total. The molecule has 7 heteroatoms. The molecule has 0 heterocycles. The van der Waals surface area contributed by atoms with Crippen LogP contribution in [0.5, 0.6) is 0 Å². The highest BCUT2D eigenvalue weighted by molar-refractivity contribution is 6.30. The van der Waals surface area contributed by atoms with Gasteiger partial charge in [0.05, 0.1) is 11.3 Å². The van der Waals surface area contributed by atoms with E-state index in [-0.39, 0.29) is 5.02 Å². The van der Waals surface area contributed by atoms with Gasteiger partial charge in [0.2, 0.25) is 5.91 Å². The highest BCUT2D eigenvalue weighted by Gasteiger charge is 2.34. The van der Waals surface area contributed by atoms with Crippen LogP contribution >= 0.6 is 11.6 Å². The molecule has 0 spiro atoms. The summed E-state index contributed by atoms with van der Waals surface area (Å²) >= 11 is 5.56. The van der Waals surface area contributed by atoms with Crippen molar-refractivity contribution in [1.82, 2.24) is 0 Å². The van der Waals surface area contributed by atoms with E-state index in [1.807, 2.05) is 0 Å². The minimum atomic E-state index is -4.64. The van der Waals surface area contributed by atoms with Crippen molar-refractivity contribution in [2.45, 2.75) is 6.18 Å². The van der Waals surface area contributed by atoms with Crippen molar-refractivity contribution in [3.05, 3.63) is 70.5 Å². The number of anilines is 1. The van der Waals surface area contributed by atoms with Crippen molar-refractivity contribution in [1.29, 1.82) is 0 Å². The molecule has 0 fully saturated rings. The number of hydrogen-bond acceptors (Lipinski definition) is 1. The molecule has 0 unspecified atom stereocenters. The molecule has 2 rings (SSSR count). The summed E-state index contributed by atoms with van der Waals surface area (Å²) in [6.07, 6.45) is -2.23. The fourth-order valence-electron chi connectivity index (χ4n) is 1.78. The maximum atomic E-state index is 12.9. The lowest BCUT2D eigenvalue weighted by Crippen LogP contribution is -2.14. The lowest BCUT2D eigenvalue weighted by molar-refractivity contribution is -0.136. The fourth-order valence-corrected chi connectivity index (χ4v) is 1.95. The van der Waals surface area contributed by atoms with Crippen molar-refractivity contribution in [2.75, 3.05) is 5.32 Å². The summed E-state index contributed by atoms with van der Waals surface area (Å²) < 4.78 is 51.5. The molecule has 2 aromatic rings. The first-order valence-electron chi connectivity index (χ1n) is 6.37. The fraction of sp³-hybridized carbons (Fsp3) is 0.0625. The molecule has 0 aromatic heterocycles. The Hall–Kier alpha value is -2.34.